The standard InChI is InChI=1S/C9H8F3N/c1-3-7-4-5-13-8(6(7)2)9(10,11)12/h3-5H,1H2,2H3. The highest BCUT2D eigenvalue weighted by atomic mass is 19.4. The third kappa shape index (κ3) is 1.88. The maximum absolute atomic E-state index is 12.3. The van der Waals surface area contributed by atoms with Gasteiger partial charge in [-0.05, 0) is 24.1 Å². The zero-order valence-corrected chi connectivity index (χ0v) is 7.02. The Morgan fingerprint density at radius 3 is 2.54 bits per heavy atom. The number of halogens is 3. The van der Waals surface area contributed by atoms with Crippen molar-refractivity contribution in [2.24, 2.45) is 0 Å². The molecule has 13 heavy (non-hydrogen) atoms. The van der Waals surface area contributed by atoms with E-state index in [4.69, 9.17) is 0 Å². The van der Waals surface area contributed by atoms with Crippen molar-refractivity contribution >= 4 is 6.08 Å². The lowest BCUT2D eigenvalue weighted by Gasteiger charge is -2.10. The van der Waals surface area contributed by atoms with Gasteiger partial charge in [0.25, 0.3) is 0 Å². The number of rotatable bonds is 1. The van der Waals surface area contributed by atoms with Gasteiger partial charge in [-0.15, -0.1) is 0 Å². The third-order valence-electron chi connectivity index (χ3n) is 1.73. The Bertz CT molecular complexity index is 328. The Labute approximate surface area is 73.9 Å². The van der Waals surface area contributed by atoms with Gasteiger partial charge >= 0.3 is 6.18 Å². The first-order chi connectivity index (χ1) is 5.96. The molecule has 0 aliphatic carbocycles. The molecule has 1 aromatic heterocycles. The van der Waals surface area contributed by atoms with E-state index in [9.17, 15) is 13.2 Å². The van der Waals surface area contributed by atoms with Crippen LogP contribution >= 0.6 is 0 Å². The Kier molecular flexibility index (Phi) is 2.40. The summed E-state index contributed by atoms with van der Waals surface area (Å²) in [4.78, 5) is 3.29. The molecule has 0 radical (unpaired) electrons. The van der Waals surface area contributed by atoms with E-state index in [0.29, 0.717) is 5.56 Å². The van der Waals surface area contributed by atoms with E-state index >= 15 is 0 Å². The first kappa shape index (κ1) is 9.77. The van der Waals surface area contributed by atoms with E-state index in [1.165, 1.54) is 19.1 Å². The van der Waals surface area contributed by atoms with Crippen LogP contribution in [0.3, 0.4) is 0 Å². The molecule has 0 atom stereocenters. The number of aromatic nitrogens is 1. The molecule has 0 aliphatic heterocycles. The Hall–Kier alpha value is -1.32. The second kappa shape index (κ2) is 3.20. The molecule has 1 aromatic rings. The fraction of sp³-hybridized carbons (Fsp3) is 0.222. The highest BCUT2D eigenvalue weighted by molar-refractivity contribution is 5.52. The maximum atomic E-state index is 12.3. The number of hydrogen-bond donors (Lipinski definition) is 0. The van der Waals surface area contributed by atoms with Gasteiger partial charge in [0.05, 0.1) is 0 Å². The zero-order valence-electron chi connectivity index (χ0n) is 7.02. The van der Waals surface area contributed by atoms with Crippen LogP contribution in [0.15, 0.2) is 18.8 Å². The van der Waals surface area contributed by atoms with Crippen LogP contribution in [0, 0.1) is 6.92 Å². The average Bonchev–Trinajstić information content (AvgIpc) is 2.02. The summed E-state index contributed by atoms with van der Waals surface area (Å²) >= 11 is 0. The monoisotopic (exact) mass is 187 g/mol. The molecule has 1 nitrogen and oxygen atoms in total. The molecule has 0 spiro atoms. The second-order valence-corrected chi connectivity index (χ2v) is 2.58. The molecular weight excluding hydrogens is 179 g/mol. The number of pyridine rings is 1. The number of hydrogen-bond acceptors (Lipinski definition) is 1. The molecule has 0 aromatic carbocycles. The van der Waals surface area contributed by atoms with Crippen molar-refractivity contribution in [2.75, 3.05) is 0 Å². The van der Waals surface area contributed by atoms with Crippen LogP contribution in [-0.2, 0) is 6.18 Å². The summed E-state index contributed by atoms with van der Waals surface area (Å²) in [5, 5.41) is 0. The van der Waals surface area contributed by atoms with E-state index in [-0.39, 0.29) is 5.56 Å². The van der Waals surface area contributed by atoms with Crippen LogP contribution in [0.4, 0.5) is 13.2 Å². The van der Waals surface area contributed by atoms with Crippen LogP contribution in [0.2, 0.25) is 0 Å². The van der Waals surface area contributed by atoms with Gasteiger partial charge in [0, 0.05) is 6.20 Å². The van der Waals surface area contributed by atoms with Gasteiger partial charge in [0.1, 0.15) is 5.69 Å². The summed E-state index contributed by atoms with van der Waals surface area (Å²) in [6, 6.07) is 1.50. The minimum absolute atomic E-state index is 0.116. The summed E-state index contributed by atoms with van der Waals surface area (Å²) in [6.45, 7) is 4.80. The zero-order chi connectivity index (χ0) is 10.1. The van der Waals surface area contributed by atoms with Gasteiger partial charge in [-0.3, -0.25) is 4.98 Å². The summed E-state index contributed by atoms with van der Waals surface area (Å²) in [5.41, 5.74) is -0.266. The fourth-order valence-corrected chi connectivity index (χ4v) is 1.06. The predicted molar refractivity (Wildman–Crippen MR) is 44.1 cm³/mol. The Morgan fingerprint density at radius 2 is 2.08 bits per heavy atom. The summed E-state index contributed by atoms with van der Waals surface area (Å²) < 4.78 is 36.8. The smallest absolute Gasteiger partial charge is 0.251 e. The predicted octanol–water partition coefficient (Wildman–Crippen LogP) is 3.05. The highest BCUT2D eigenvalue weighted by Gasteiger charge is 2.34. The molecule has 0 amide bonds. The van der Waals surface area contributed by atoms with Crippen molar-refractivity contribution in [3.63, 3.8) is 0 Å². The molecule has 0 saturated heterocycles. The van der Waals surface area contributed by atoms with Gasteiger partial charge in [-0.1, -0.05) is 12.7 Å². The van der Waals surface area contributed by atoms with Crippen molar-refractivity contribution in [1.82, 2.24) is 4.98 Å². The molecule has 0 saturated carbocycles. The van der Waals surface area contributed by atoms with E-state index in [0.717, 1.165) is 6.20 Å². The van der Waals surface area contributed by atoms with Crippen molar-refractivity contribution in [2.45, 2.75) is 13.1 Å². The van der Waals surface area contributed by atoms with Crippen LogP contribution in [0.1, 0.15) is 16.8 Å². The first-order valence-electron chi connectivity index (χ1n) is 3.62. The molecule has 70 valence electrons. The molecule has 0 N–H and O–H groups in total. The SMILES string of the molecule is C=Cc1ccnc(C(F)(F)F)c1C. The van der Waals surface area contributed by atoms with Gasteiger partial charge in [0.2, 0.25) is 0 Å². The normalized spacial score (nSPS) is 11.4. The summed E-state index contributed by atoms with van der Waals surface area (Å²) in [6.07, 6.45) is -1.87. The van der Waals surface area contributed by atoms with Crippen molar-refractivity contribution < 1.29 is 13.2 Å². The third-order valence-corrected chi connectivity index (χ3v) is 1.73. The maximum Gasteiger partial charge on any atom is 0.433 e. The number of alkyl halides is 3. The Balaban J connectivity index is 3.32. The fourth-order valence-electron chi connectivity index (χ4n) is 1.06. The molecule has 4 heteroatoms. The minimum atomic E-state index is -4.39. The molecule has 0 unspecified atom stereocenters. The van der Waals surface area contributed by atoms with E-state index < -0.39 is 11.9 Å². The number of nitrogens with zero attached hydrogens (tertiary/aromatic N) is 1. The van der Waals surface area contributed by atoms with Crippen LogP contribution in [0.5, 0.6) is 0 Å². The Morgan fingerprint density at radius 1 is 1.46 bits per heavy atom. The topological polar surface area (TPSA) is 12.9 Å². The lowest BCUT2D eigenvalue weighted by atomic mass is 10.1. The summed E-state index contributed by atoms with van der Waals surface area (Å²) in [7, 11) is 0. The van der Waals surface area contributed by atoms with Crippen LogP contribution < -0.4 is 0 Å². The van der Waals surface area contributed by atoms with Crippen molar-refractivity contribution in [1.29, 1.82) is 0 Å². The van der Waals surface area contributed by atoms with Gasteiger partial charge < -0.3 is 0 Å². The first-order valence-corrected chi connectivity index (χ1v) is 3.62. The van der Waals surface area contributed by atoms with E-state index in [1.807, 2.05) is 0 Å². The lowest BCUT2D eigenvalue weighted by Crippen LogP contribution is -2.10. The average molecular weight is 187 g/mol. The van der Waals surface area contributed by atoms with Crippen LogP contribution in [-0.4, -0.2) is 4.98 Å². The van der Waals surface area contributed by atoms with Crippen molar-refractivity contribution in [3.8, 4) is 0 Å². The molecule has 0 fully saturated rings. The molecule has 1 rings (SSSR count). The van der Waals surface area contributed by atoms with E-state index in [1.54, 1.807) is 0 Å². The largest absolute Gasteiger partial charge is 0.433 e. The van der Waals surface area contributed by atoms with Gasteiger partial charge in [-0.25, -0.2) is 0 Å². The van der Waals surface area contributed by atoms with E-state index in [2.05, 4.69) is 11.6 Å². The lowest BCUT2D eigenvalue weighted by molar-refractivity contribution is -0.141. The van der Waals surface area contributed by atoms with Gasteiger partial charge in [-0.2, -0.15) is 13.2 Å². The molecule has 0 bridgehead atoms. The molecular formula is C9H8F3N. The summed E-state index contributed by atoms with van der Waals surface area (Å²) in [5.74, 6) is 0. The van der Waals surface area contributed by atoms with Gasteiger partial charge in [0.15, 0.2) is 0 Å². The van der Waals surface area contributed by atoms with Crippen molar-refractivity contribution in [3.05, 3.63) is 35.7 Å². The molecule has 1 heterocycles. The van der Waals surface area contributed by atoms with Crippen LogP contribution in [0.25, 0.3) is 6.08 Å². The second-order valence-electron chi connectivity index (χ2n) is 2.58. The minimum Gasteiger partial charge on any atom is -0.251 e. The highest BCUT2D eigenvalue weighted by Crippen LogP contribution is 2.31. The quantitative estimate of drug-likeness (QED) is 0.658. The molecule has 0 aliphatic rings.